The summed E-state index contributed by atoms with van der Waals surface area (Å²) in [6.45, 7) is 7.62. The first kappa shape index (κ1) is 14.7. The highest BCUT2D eigenvalue weighted by Gasteiger charge is 2.23. The van der Waals surface area contributed by atoms with E-state index in [1.54, 1.807) is 18.2 Å². The molecule has 0 saturated carbocycles. The number of hydrogen-bond acceptors (Lipinski definition) is 4. The van der Waals surface area contributed by atoms with E-state index in [0.717, 1.165) is 25.3 Å². The highest BCUT2D eigenvalue weighted by atomic mass is 16.4. The summed E-state index contributed by atoms with van der Waals surface area (Å²) in [6.07, 6.45) is 1.20. The summed E-state index contributed by atoms with van der Waals surface area (Å²) in [6, 6.07) is 5.62. The van der Waals surface area contributed by atoms with Crippen LogP contribution < -0.4 is 11.1 Å². The number of nitrogen functional groups attached to an aromatic ring is 1. The zero-order chi connectivity index (χ0) is 14.7. The minimum absolute atomic E-state index is 0.155. The summed E-state index contributed by atoms with van der Waals surface area (Å²) >= 11 is 0. The van der Waals surface area contributed by atoms with Gasteiger partial charge in [-0.3, -0.25) is 0 Å². The van der Waals surface area contributed by atoms with Crippen molar-refractivity contribution in [3.63, 3.8) is 0 Å². The molecule has 1 unspecified atom stereocenters. The molecule has 0 amide bonds. The normalized spacial score (nSPS) is 19.4. The second-order valence-electron chi connectivity index (χ2n) is 5.73. The number of benzene rings is 1. The summed E-state index contributed by atoms with van der Waals surface area (Å²) in [5.74, 6) is -0.352. The van der Waals surface area contributed by atoms with Crippen molar-refractivity contribution in [1.82, 2.24) is 4.90 Å². The minimum Gasteiger partial charge on any atom is -0.478 e. The van der Waals surface area contributed by atoms with Crippen LogP contribution in [0.4, 0.5) is 11.4 Å². The van der Waals surface area contributed by atoms with Gasteiger partial charge in [-0.05, 0) is 50.9 Å². The number of likely N-dealkylation sites (tertiary alicyclic amines) is 1. The van der Waals surface area contributed by atoms with Gasteiger partial charge in [-0.1, -0.05) is 0 Å². The van der Waals surface area contributed by atoms with Crippen molar-refractivity contribution >= 4 is 17.3 Å². The molecule has 0 aliphatic carbocycles. The minimum atomic E-state index is -0.989. The van der Waals surface area contributed by atoms with E-state index in [2.05, 4.69) is 24.1 Å². The van der Waals surface area contributed by atoms with E-state index >= 15 is 0 Å². The number of rotatable bonds is 5. The van der Waals surface area contributed by atoms with Crippen LogP contribution in [-0.4, -0.2) is 41.7 Å². The summed E-state index contributed by atoms with van der Waals surface area (Å²) in [7, 11) is 0. The molecule has 0 spiro atoms. The number of anilines is 2. The van der Waals surface area contributed by atoms with Crippen molar-refractivity contribution in [3.8, 4) is 0 Å². The second-order valence-corrected chi connectivity index (χ2v) is 5.73. The van der Waals surface area contributed by atoms with Crippen molar-refractivity contribution < 1.29 is 9.90 Å². The Kier molecular flexibility index (Phi) is 4.49. The molecule has 1 aromatic rings. The molecule has 1 aromatic carbocycles. The zero-order valence-electron chi connectivity index (χ0n) is 12.1. The van der Waals surface area contributed by atoms with Crippen molar-refractivity contribution in [1.29, 1.82) is 0 Å². The summed E-state index contributed by atoms with van der Waals surface area (Å²) < 4.78 is 0. The monoisotopic (exact) mass is 277 g/mol. The van der Waals surface area contributed by atoms with Crippen LogP contribution in [0.5, 0.6) is 0 Å². The third-order valence-corrected chi connectivity index (χ3v) is 3.92. The molecule has 20 heavy (non-hydrogen) atoms. The van der Waals surface area contributed by atoms with Crippen molar-refractivity contribution in [2.45, 2.75) is 26.3 Å². The molecule has 5 nitrogen and oxygen atoms in total. The molecule has 110 valence electrons. The number of carbonyl (C=O) groups is 1. The van der Waals surface area contributed by atoms with Crippen LogP contribution in [-0.2, 0) is 0 Å². The van der Waals surface area contributed by atoms with Crippen molar-refractivity contribution in [2.75, 3.05) is 30.7 Å². The molecule has 1 atom stereocenters. The average molecular weight is 277 g/mol. The Balaban J connectivity index is 1.89. The average Bonchev–Trinajstić information content (AvgIpc) is 2.85. The van der Waals surface area contributed by atoms with Crippen LogP contribution in [0.3, 0.4) is 0 Å². The quantitative estimate of drug-likeness (QED) is 0.718. The molecule has 1 aliphatic rings. The number of hydrogen-bond donors (Lipinski definition) is 3. The lowest BCUT2D eigenvalue weighted by Gasteiger charge is -2.20. The van der Waals surface area contributed by atoms with Gasteiger partial charge in [0, 0.05) is 30.5 Å². The first-order valence-electron chi connectivity index (χ1n) is 7.08. The van der Waals surface area contributed by atoms with Gasteiger partial charge in [-0.25, -0.2) is 4.79 Å². The predicted octanol–water partition coefficient (Wildman–Crippen LogP) is 2.11. The fourth-order valence-corrected chi connectivity index (χ4v) is 2.63. The van der Waals surface area contributed by atoms with Crippen LogP contribution in [0.15, 0.2) is 18.2 Å². The van der Waals surface area contributed by atoms with Gasteiger partial charge in [0.2, 0.25) is 0 Å². The van der Waals surface area contributed by atoms with Gasteiger partial charge >= 0.3 is 5.97 Å². The number of aromatic carboxylic acids is 1. The van der Waals surface area contributed by atoms with Gasteiger partial charge in [0.25, 0.3) is 0 Å². The maximum absolute atomic E-state index is 10.9. The fraction of sp³-hybridized carbons (Fsp3) is 0.533. The fourth-order valence-electron chi connectivity index (χ4n) is 2.63. The van der Waals surface area contributed by atoms with Gasteiger partial charge < -0.3 is 21.1 Å². The van der Waals surface area contributed by atoms with E-state index in [1.807, 2.05) is 0 Å². The first-order valence-corrected chi connectivity index (χ1v) is 7.08. The Labute approximate surface area is 119 Å². The van der Waals surface area contributed by atoms with Gasteiger partial charge in [-0.2, -0.15) is 0 Å². The Morgan fingerprint density at radius 3 is 2.85 bits per heavy atom. The zero-order valence-corrected chi connectivity index (χ0v) is 12.1. The van der Waals surface area contributed by atoms with Gasteiger partial charge in [-0.15, -0.1) is 0 Å². The molecule has 1 aliphatic heterocycles. The second kappa shape index (κ2) is 6.13. The highest BCUT2D eigenvalue weighted by Crippen LogP contribution is 2.21. The Morgan fingerprint density at radius 2 is 2.30 bits per heavy atom. The summed E-state index contributed by atoms with van der Waals surface area (Å²) in [5.41, 5.74) is 7.08. The molecule has 1 saturated heterocycles. The lowest BCUT2D eigenvalue weighted by Crippen LogP contribution is -2.29. The van der Waals surface area contributed by atoms with E-state index in [0.29, 0.717) is 17.6 Å². The van der Waals surface area contributed by atoms with E-state index in [1.165, 1.54) is 6.42 Å². The molecule has 2 rings (SSSR count). The van der Waals surface area contributed by atoms with Crippen LogP contribution in [0.25, 0.3) is 0 Å². The van der Waals surface area contributed by atoms with Gasteiger partial charge in [0.1, 0.15) is 0 Å². The molecule has 0 bridgehead atoms. The molecule has 0 aromatic heterocycles. The van der Waals surface area contributed by atoms with Crippen molar-refractivity contribution in [3.05, 3.63) is 23.8 Å². The van der Waals surface area contributed by atoms with E-state index in [-0.39, 0.29) is 5.56 Å². The number of nitrogens with two attached hydrogens (primary N) is 1. The lowest BCUT2D eigenvalue weighted by atomic mass is 10.1. The van der Waals surface area contributed by atoms with Crippen LogP contribution >= 0.6 is 0 Å². The van der Waals surface area contributed by atoms with E-state index in [9.17, 15) is 4.79 Å². The summed E-state index contributed by atoms with van der Waals surface area (Å²) in [4.78, 5) is 13.4. The number of carboxylic acids is 1. The predicted molar refractivity (Wildman–Crippen MR) is 81.1 cm³/mol. The molecule has 1 heterocycles. The molecule has 0 radical (unpaired) electrons. The first-order chi connectivity index (χ1) is 9.47. The molecule has 4 N–H and O–H groups in total. The topological polar surface area (TPSA) is 78.6 Å². The summed E-state index contributed by atoms with van der Waals surface area (Å²) in [5, 5.41) is 12.3. The molecular weight excluding hydrogens is 254 g/mol. The van der Waals surface area contributed by atoms with E-state index in [4.69, 9.17) is 10.8 Å². The van der Waals surface area contributed by atoms with Crippen LogP contribution in [0, 0.1) is 5.92 Å². The maximum Gasteiger partial charge on any atom is 0.337 e. The third kappa shape index (κ3) is 3.42. The lowest BCUT2D eigenvalue weighted by molar-refractivity contribution is 0.0698. The maximum atomic E-state index is 10.9. The third-order valence-electron chi connectivity index (χ3n) is 3.92. The Morgan fingerprint density at radius 1 is 1.55 bits per heavy atom. The van der Waals surface area contributed by atoms with E-state index < -0.39 is 5.97 Å². The van der Waals surface area contributed by atoms with Crippen molar-refractivity contribution in [2.24, 2.45) is 5.92 Å². The highest BCUT2D eigenvalue weighted by molar-refractivity contribution is 5.94. The molecule has 5 heteroatoms. The smallest absolute Gasteiger partial charge is 0.337 e. The number of nitrogens with one attached hydrogen (secondary N) is 1. The van der Waals surface area contributed by atoms with Crippen LogP contribution in [0.1, 0.15) is 30.6 Å². The van der Waals surface area contributed by atoms with Crippen LogP contribution in [0.2, 0.25) is 0 Å². The van der Waals surface area contributed by atoms with Gasteiger partial charge in [0.15, 0.2) is 0 Å². The molecular formula is C15H23N3O2. The number of nitrogens with zero attached hydrogens (tertiary/aromatic N) is 1. The standard InChI is InChI=1S/C15H23N3O2/c1-10(2)18-6-5-11(9-18)8-17-12-3-4-13(15(19)20)14(16)7-12/h3-4,7,10-11,17H,5-6,8-9,16H2,1-2H3,(H,19,20). The Hall–Kier alpha value is -1.75. The number of carboxylic acid groups (broad SMARTS) is 1. The van der Waals surface area contributed by atoms with Gasteiger partial charge in [0.05, 0.1) is 5.56 Å². The largest absolute Gasteiger partial charge is 0.478 e. The Bertz CT molecular complexity index is 488. The SMILES string of the molecule is CC(C)N1CCC(CNc2ccc(C(=O)O)c(N)c2)C1. The molecule has 1 fully saturated rings.